The van der Waals surface area contributed by atoms with Gasteiger partial charge in [0.25, 0.3) is 5.91 Å². The van der Waals surface area contributed by atoms with Crippen LogP contribution in [0.15, 0.2) is 42.5 Å². The average molecular weight is 519 g/mol. The van der Waals surface area contributed by atoms with Crippen LogP contribution in [0.1, 0.15) is 61.0 Å². The molecule has 3 unspecified atom stereocenters. The second-order valence-corrected chi connectivity index (χ2v) is 9.57. The van der Waals surface area contributed by atoms with Crippen molar-refractivity contribution in [3.05, 3.63) is 70.5 Å². The first-order valence-electron chi connectivity index (χ1n) is 11.3. The molecule has 0 spiro atoms. The fraction of sp³-hybridized carbons (Fsp3) is 0.480. The molecule has 2 heterocycles. The highest BCUT2D eigenvalue weighted by Crippen LogP contribution is 2.45. The van der Waals surface area contributed by atoms with Gasteiger partial charge in [0, 0.05) is 18.5 Å². The van der Waals surface area contributed by atoms with Crippen LogP contribution in [0.4, 0.5) is 30.7 Å². The van der Waals surface area contributed by atoms with Gasteiger partial charge in [-0.15, -0.1) is 0 Å². The third kappa shape index (κ3) is 5.08. The van der Waals surface area contributed by atoms with Crippen molar-refractivity contribution in [2.45, 2.75) is 68.8 Å². The van der Waals surface area contributed by atoms with Crippen LogP contribution in [0.2, 0.25) is 0 Å². The van der Waals surface area contributed by atoms with Crippen molar-refractivity contribution < 1.29 is 45.4 Å². The number of ether oxygens (including phenoxy) is 1. The van der Waals surface area contributed by atoms with Crippen molar-refractivity contribution in [3.63, 3.8) is 0 Å². The highest BCUT2D eigenvalue weighted by molar-refractivity contribution is 5.86. The van der Waals surface area contributed by atoms with E-state index >= 15 is 0 Å². The molecular weight excluding hydrogens is 495 g/mol. The lowest BCUT2D eigenvalue weighted by Crippen LogP contribution is -2.54. The molecule has 11 heteroatoms. The van der Waals surface area contributed by atoms with Gasteiger partial charge in [-0.1, -0.05) is 12.1 Å². The van der Waals surface area contributed by atoms with Gasteiger partial charge in [0.2, 0.25) is 0 Å². The molecule has 2 aliphatic heterocycles. The number of rotatable bonds is 4. The van der Waals surface area contributed by atoms with Gasteiger partial charge in [-0.2, -0.15) is 26.3 Å². The molecule has 2 aromatic carbocycles. The molecular formula is C25H24F7NO3. The quantitative estimate of drug-likeness (QED) is 0.516. The Kier molecular flexibility index (Phi) is 6.62. The second-order valence-electron chi connectivity index (χ2n) is 9.57. The molecule has 4 rings (SSSR count). The van der Waals surface area contributed by atoms with Crippen molar-refractivity contribution in [1.29, 1.82) is 0 Å². The molecule has 196 valence electrons. The number of hydrogen-bond donors (Lipinski definition) is 1. The van der Waals surface area contributed by atoms with Gasteiger partial charge in [-0.25, -0.2) is 4.39 Å². The molecule has 0 aliphatic carbocycles. The van der Waals surface area contributed by atoms with Crippen LogP contribution in [0.3, 0.4) is 0 Å². The monoisotopic (exact) mass is 519 g/mol. The lowest BCUT2D eigenvalue weighted by Gasteiger charge is -2.39. The largest absolute Gasteiger partial charge is 0.416 e. The summed E-state index contributed by atoms with van der Waals surface area (Å²) >= 11 is 0. The Hall–Kier alpha value is -2.66. The first-order chi connectivity index (χ1) is 16.6. The SMILES string of the molecule is C[C@@H](O[C@H]1CN2C(=O)C(C)(O)CCC2C1c1ccc(F)cc1)c1cc(C(F)(F)F)cc(C(F)(F)F)c1. The standard InChI is InChI=1S/C25H24F7NO3/c1-13(15-9-16(24(27,28)29)11-17(10-15)25(30,31)32)36-20-12-33-19(7-8-23(2,35)22(33)34)21(20)14-3-5-18(26)6-4-14/h3-6,9-11,13,19-21,35H,7-8,12H2,1-2H3/t13-,19?,20+,21?,23?/m1/s1. The molecule has 0 radical (unpaired) electrons. The zero-order valence-electron chi connectivity index (χ0n) is 19.3. The molecule has 2 fully saturated rings. The van der Waals surface area contributed by atoms with Crippen LogP contribution in [0.25, 0.3) is 0 Å². The van der Waals surface area contributed by atoms with Crippen LogP contribution in [0.5, 0.6) is 0 Å². The number of alkyl halides is 6. The van der Waals surface area contributed by atoms with Gasteiger partial charge in [0.15, 0.2) is 0 Å². The molecule has 2 aromatic rings. The zero-order chi connectivity index (χ0) is 26.6. The summed E-state index contributed by atoms with van der Waals surface area (Å²) in [5, 5.41) is 10.4. The molecule has 1 amide bonds. The fourth-order valence-electron chi connectivity index (χ4n) is 5.10. The smallest absolute Gasteiger partial charge is 0.380 e. The van der Waals surface area contributed by atoms with Crippen LogP contribution >= 0.6 is 0 Å². The third-order valence-electron chi connectivity index (χ3n) is 6.95. The van der Waals surface area contributed by atoms with E-state index in [2.05, 4.69) is 0 Å². The van der Waals surface area contributed by atoms with Gasteiger partial charge in [-0.3, -0.25) is 4.79 Å². The molecule has 2 aliphatic rings. The Morgan fingerprint density at radius 3 is 2.11 bits per heavy atom. The van der Waals surface area contributed by atoms with Crippen LogP contribution in [-0.4, -0.2) is 40.2 Å². The van der Waals surface area contributed by atoms with Gasteiger partial charge < -0.3 is 14.7 Å². The van der Waals surface area contributed by atoms with Crippen LogP contribution in [-0.2, 0) is 21.9 Å². The van der Waals surface area contributed by atoms with Gasteiger partial charge in [0.1, 0.15) is 11.4 Å². The number of hydrogen-bond acceptors (Lipinski definition) is 3. The van der Waals surface area contributed by atoms with E-state index in [0.29, 0.717) is 24.1 Å². The number of piperidine rings is 1. The van der Waals surface area contributed by atoms with Crippen LogP contribution < -0.4 is 0 Å². The molecule has 1 N–H and O–H groups in total. The van der Waals surface area contributed by atoms with E-state index in [1.54, 1.807) is 0 Å². The Morgan fingerprint density at radius 1 is 1.03 bits per heavy atom. The number of carbonyl (C=O) groups is 1. The molecule has 5 atom stereocenters. The van der Waals surface area contributed by atoms with E-state index in [9.17, 15) is 40.6 Å². The molecule has 2 saturated heterocycles. The van der Waals surface area contributed by atoms with Crippen molar-refractivity contribution in [1.82, 2.24) is 4.90 Å². The first kappa shape index (κ1) is 26.4. The minimum atomic E-state index is -5.00. The van der Waals surface area contributed by atoms with E-state index < -0.39 is 65.0 Å². The van der Waals surface area contributed by atoms with Gasteiger partial charge in [-0.05, 0) is 68.1 Å². The van der Waals surface area contributed by atoms with E-state index in [1.807, 2.05) is 0 Å². The summed E-state index contributed by atoms with van der Waals surface area (Å²) in [6.45, 7) is 2.69. The summed E-state index contributed by atoms with van der Waals surface area (Å²) < 4.78 is 99.6. The van der Waals surface area contributed by atoms with Crippen molar-refractivity contribution in [2.24, 2.45) is 0 Å². The minimum absolute atomic E-state index is 0.0306. The predicted octanol–water partition coefficient (Wildman–Crippen LogP) is 5.85. The lowest BCUT2D eigenvalue weighted by atomic mass is 9.82. The summed E-state index contributed by atoms with van der Waals surface area (Å²) in [7, 11) is 0. The fourth-order valence-corrected chi connectivity index (χ4v) is 5.10. The number of amides is 1. The number of aliphatic hydroxyl groups is 1. The van der Waals surface area contributed by atoms with Gasteiger partial charge >= 0.3 is 12.4 Å². The maximum absolute atomic E-state index is 13.6. The summed E-state index contributed by atoms with van der Waals surface area (Å²) in [5.74, 6) is -1.56. The van der Waals surface area contributed by atoms with Crippen molar-refractivity contribution >= 4 is 5.91 Å². The highest BCUT2D eigenvalue weighted by atomic mass is 19.4. The van der Waals surface area contributed by atoms with E-state index in [1.165, 1.54) is 43.0 Å². The lowest BCUT2D eigenvalue weighted by molar-refractivity contribution is -0.157. The average Bonchev–Trinajstić information content (AvgIpc) is 3.14. The summed E-state index contributed by atoms with van der Waals surface area (Å²) in [6.07, 6.45) is -11.5. The summed E-state index contributed by atoms with van der Waals surface area (Å²) in [5.41, 5.74) is -4.22. The van der Waals surface area contributed by atoms with E-state index in [-0.39, 0.29) is 24.6 Å². The highest BCUT2D eigenvalue weighted by Gasteiger charge is 2.53. The van der Waals surface area contributed by atoms with E-state index in [0.717, 1.165) is 0 Å². The molecule has 4 nitrogen and oxygen atoms in total. The number of benzene rings is 2. The molecule has 0 aromatic heterocycles. The second kappa shape index (κ2) is 9.02. The Labute approximate surface area is 202 Å². The Bertz CT molecular complexity index is 1100. The summed E-state index contributed by atoms with van der Waals surface area (Å²) in [6, 6.07) is 6.31. The maximum atomic E-state index is 13.6. The minimum Gasteiger partial charge on any atom is -0.380 e. The Morgan fingerprint density at radius 2 is 1.58 bits per heavy atom. The van der Waals surface area contributed by atoms with Gasteiger partial charge in [0.05, 0.1) is 23.3 Å². The maximum Gasteiger partial charge on any atom is 0.416 e. The summed E-state index contributed by atoms with van der Waals surface area (Å²) in [4.78, 5) is 14.3. The predicted molar refractivity (Wildman–Crippen MR) is 114 cm³/mol. The first-order valence-corrected chi connectivity index (χ1v) is 11.3. The topological polar surface area (TPSA) is 49.8 Å². The molecule has 0 bridgehead atoms. The Balaban J connectivity index is 1.69. The van der Waals surface area contributed by atoms with Crippen molar-refractivity contribution in [3.8, 4) is 0 Å². The zero-order valence-corrected chi connectivity index (χ0v) is 19.3. The molecule has 0 saturated carbocycles. The number of halogens is 7. The third-order valence-corrected chi connectivity index (χ3v) is 6.95. The normalized spacial score (nSPS) is 27.8. The van der Waals surface area contributed by atoms with Crippen molar-refractivity contribution in [2.75, 3.05) is 6.54 Å². The van der Waals surface area contributed by atoms with Crippen LogP contribution in [0, 0.1) is 5.82 Å². The number of fused-ring (bicyclic) bond motifs is 1. The van der Waals surface area contributed by atoms with E-state index in [4.69, 9.17) is 4.74 Å². The number of carbonyl (C=O) groups excluding carboxylic acids is 1. The molecule has 36 heavy (non-hydrogen) atoms. The number of nitrogens with zero attached hydrogens (tertiary/aromatic N) is 1.